The standard InChI is InChI=1S/C19H22FN3O2.HI/c1-21-19(23-13-15-4-2-3-5-16(15)20)22-9-8-14-6-7-17-18(12-14)25-11-10-24-17;/h2-7,12H,8-11,13H2,1H3,(H2,21,22,23);1H. The largest absolute Gasteiger partial charge is 0.486 e. The van der Waals surface area contributed by atoms with E-state index in [0.29, 0.717) is 37.8 Å². The van der Waals surface area contributed by atoms with Gasteiger partial charge in [-0.15, -0.1) is 24.0 Å². The molecule has 0 fully saturated rings. The lowest BCUT2D eigenvalue weighted by molar-refractivity contribution is 0.171. The molecule has 1 aliphatic heterocycles. The Morgan fingerprint density at radius 1 is 1.08 bits per heavy atom. The molecule has 0 unspecified atom stereocenters. The molecule has 140 valence electrons. The second-order valence-electron chi connectivity index (χ2n) is 5.67. The van der Waals surface area contributed by atoms with Crippen LogP contribution in [-0.2, 0) is 13.0 Å². The van der Waals surface area contributed by atoms with Crippen molar-refractivity contribution < 1.29 is 13.9 Å². The van der Waals surface area contributed by atoms with E-state index >= 15 is 0 Å². The molecule has 1 heterocycles. The Hall–Kier alpha value is -2.03. The molecule has 0 radical (unpaired) electrons. The van der Waals surface area contributed by atoms with Crippen LogP contribution in [0.4, 0.5) is 4.39 Å². The normalized spacial score (nSPS) is 12.9. The number of hydrogen-bond donors (Lipinski definition) is 2. The molecule has 5 nitrogen and oxygen atoms in total. The highest BCUT2D eigenvalue weighted by Crippen LogP contribution is 2.30. The number of benzene rings is 2. The minimum atomic E-state index is -0.221. The highest BCUT2D eigenvalue weighted by Gasteiger charge is 2.11. The topological polar surface area (TPSA) is 54.9 Å². The van der Waals surface area contributed by atoms with E-state index < -0.39 is 0 Å². The van der Waals surface area contributed by atoms with Crippen LogP contribution in [0, 0.1) is 5.82 Å². The zero-order valence-electron chi connectivity index (χ0n) is 14.6. The maximum absolute atomic E-state index is 13.6. The Labute approximate surface area is 170 Å². The van der Waals surface area contributed by atoms with Crippen LogP contribution in [0.1, 0.15) is 11.1 Å². The van der Waals surface area contributed by atoms with Crippen LogP contribution in [0.5, 0.6) is 11.5 Å². The summed E-state index contributed by atoms with van der Waals surface area (Å²) in [5, 5.41) is 6.35. The fourth-order valence-electron chi connectivity index (χ4n) is 2.61. The summed E-state index contributed by atoms with van der Waals surface area (Å²) in [6.07, 6.45) is 0.817. The van der Waals surface area contributed by atoms with Gasteiger partial charge in [0.25, 0.3) is 0 Å². The van der Waals surface area contributed by atoms with Crippen molar-refractivity contribution in [1.29, 1.82) is 0 Å². The molecule has 0 aliphatic carbocycles. The first-order valence-electron chi connectivity index (χ1n) is 8.32. The average Bonchev–Trinajstić information content (AvgIpc) is 2.65. The van der Waals surface area contributed by atoms with E-state index in [0.717, 1.165) is 23.5 Å². The molecule has 2 aromatic carbocycles. The number of nitrogens with zero attached hydrogens (tertiary/aromatic N) is 1. The van der Waals surface area contributed by atoms with Crippen molar-refractivity contribution in [1.82, 2.24) is 10.6 Å². The van der Waals surface area contributed by atoms with E-state index in [1.54, 1.807) is 19.2 Å². The van der Waals surface area contributed by atoms with Crippen molar-refractivity contribution in [3.8, 4) is 11.5 Å². The van der Waals surface area contributed by atoms with Crippen LogP contribution >= 0.6 is 24.0 Å². The van der Waals surface area contributed by atoms with Gasteiger partial charge < -0.3 is 20.1 Å². The fraction of sp³-hybridized carbons (Fsp3) is 0.316. The fourth-order valence-corrected chi connectivity index (χ4v) is 2.61. The van der Waals surface area contributed by atoms with Gasteiger partial charge in [-0.3, -0.25) is 4.99 Å². The van der Waals surface area contributed by atoms with Crippen LogP contribution in [0.3, 0.4) is 0 Å². The van der Waals surface area contributed by atoms with Crippen molar-refractivity contribution in [3.05, 3.63) is 59.4 Å². The van der Waals surface area contributed by atoms with Gasteiger partial charge in [0.1, 0.15) is 19.0 Å². The third kappa shape index (κ3) is 5.48. The molecular formula is C19H23FIN3O2. The monoisotopic (exact) mass is 471 g/mol. The zero-order valence-corrected chi connectivity index (χ0v) is 17.0. The smallest absolute Gasteiger partial charge is 0.191 e. The summed E-state index contributed by atoms with van der Waals surface area (Å²) in [4.78, 5) is 4.16. The van der Waals surface area contributed by atoms with Crippen LogP contribution in [0.2, 0.25) is 0 Å². The van der Waals surface area contributed by atoms with Crippen molar-refractivity contribution in [2.24, 2.45) is 4.99 Å². The minimum absolute atomic E-state index is 0. The Bertz CT molecular complexity index is 755. The Morgan fingerprint density at radius 2 is 1.85 bits per heavy atom. The number of rotatable bonds is 5. The molecule has 0 amide bonds. The number of nitrogens with one attached hydrogen (secondary N) is 2. The molecule has 3 rings (SSSR count). The molecule has 2 N–H and O–H groups in total. The van der Waals surface area contributed by atoms with Crippen molar-refractivity contribution in [2.75, 3.05) is 26.8 Å². The molecule has 0 saturated heterocycles. The summed E-state index contributed by atoms with van der Waals surface area (Å²) in [5.74, 6) is 2.01. The number of ether oxygens (including phenoxy) is 2. The SMILES string of the molecule is CN=C(NCCc1ccc2c(c1)OCCO2)NCc1ccccc1F.I. The summed E-state index contributed by atoms with van der Waals surface area (Å²) < 4.78 is 24.7. The first-order valence-corrected chi connectivity index (χ1v) is 8.32. The van der Waals surface area contributed by atoms with Crippen LogP contribution in [0.25, 0.3) is 0 Å². The maximum Gasteiger partial charge on any atom is 0.191 e. The molecule has 0 spiro atoms. The molecule has 0 atom stereocenters. The molecule has 0 saturated carbocycles. The van der Waals surface area contributed by atoms with Gasteiger partial charge in [0.15, 0.2) is 17.5 Å². The number of halogens is 2. The van der Waals surface area contributed by atoms with Crippen LogP contribution in [-0.4, -0.2) is 32.8 Å². The second kappa shape index (κ2) is 10.2. The lowest BCUT2D eigenvalue weighted by Gasteiger charge is -2.19. The van der Waals surface area contributed by atoms with Gasteiger partial charge in [-0.25, -0.2) is 4.39 Å². The van der Waals surface area contributed by atoms with Crippen LogP contribution in [0.15, 0.2) is 47.5 Å². The summed E-state index contributed by atoms with van der Waals surface area (Å²) >= 11 is 0. The highest BCUT2D eigenvalue weighted by molar-refractivity contribution is 14.0. The summed E-state index contributed by atoms with van der Waals surface area (Å²) in [5.41, 5.74) is 1.76. The van der Waals surface area contributed by atoms with Crippen molar-refractivity contribution in [2.45, 2.75) is 13.0 Å². The predicted octanol–water partition coefficient (Wildman–Crippen LogP) is 3.12. The average molecular weight is 471 g/mol. The number of fused-ring (bicyclic) bond motifs is 1. The lowest BCUT2D eigenvalue weighted by atomic mass is 10.1. The Kier molecular flexibility index (Phi) is 7.96. The summed E-state index contributed by atoms with van der Waals surface area (Å²) in [6, 6.07) is 12.7. The molecule has 1 aliphatic rings. The van der Waals surface area contributed by atoms with Gasteiger partial charge >= 0.3 is 0 Å². The molecule has 7 heteroatoms. The van der Waals surface area contributed by atoms with Gasteiger partial charge in [0.05, 0.1) is 0 Å². The Morgan fingerprint density at radius 3 is 2.62 bits per heavy atom. The quantitative estimate of drug-likeness (QED) is 0.400. The van der Waals surface area contributed by atoms with E-state index in [1.165, 1.54) is 6.07 Å². The number of guanidine groups is 1. The molecular weight excluding hydrogens is 448 g/mol. The maximum atomic E-state index is 13.6. The van der Waals surface area contributed by atoms with Gasteiger partial charge in [0.2, 0.25) is 0 Å². The third-order valence-corrected chi connectivity index (χ3v) is 3.94. The van der Waals surface area contributed by atoms with Crippen LogP contribution < -0.4 is 20.1 Å². The first kappa shape index (κ1) is 20.3. The van der Waals surface area contributed by atoms with Crippen molar-refractivity contribution >= 4 is 29.9 Å². The van der Waals surface area contributed by atoms with Gasteiger partial charge in [-0.1, -0.05) is 24.3 Å². The molecule has 2 aromatic rings. The zero-order chi connectivity index (χ0) is 17.5. The van der Waals surface area contributed by atoms with Crippen molar-refractivity contribution in [3.63, 3.8) is 0 Å². The molecule has 26 heavy (non-hydrogen) atoms. The summed E-state index contributed by atoms with van der Waals surface area (Å²) in [7, 11) is 1.70. The van der Waals surface area contributed by atoms with E-state index in [4.69, 9.17) is 9.47 Å². The van der Waals surface area contributed by atoms with Gasteiger partial charge in [0, 0.05) is 25.7 Å². The minimum Gasteiger partial charge on any atom is -0.486 e. The predicted molar refractivity (Wildman–Crippen MR) is 111 cm³/mol. The lowest BCUT2D eigenvalue weighted by Crippen LogP contribution is -2.38. The van der Waals surface area contributed by atoms with E-state index in [1.807, 2.05) is 24.3 Å². The summed E-state index contributed by atoms with van der Waals surface area (Å²) in [6.45, 7) is 2.27. The molecule has 0 bridgehead atoms. The molecule has 0 aromatic heterocycles. The first-order chi connectivity index (χ1) is 12.3. The highest BCUT2D eigenvalue weighted by atomic mass is 127. The second-order valence-corrected chi connectivity index (χ2v) is 5.67. The third-order valence-electron chi connectivity index (χ3n) is 3.94. The van der Waals surface area contributed by atoms with E-state index in [9.17, 15) is 4.39 Å². The van der Waals surface area contributed by atoms with Gasteiger partial charge in [-0.2, -0.15) is 0 Å². The Balaban J connectivity index is 0.00000243. The van der Waals surface area contributed by atoms with E-state index in [-0.39, 0.29) is 29.8 Å². The van der Waals surface area contributed by atoms with Gasteiger partial charge in [-0.05, 0) is 30.2 Å². The number of aliphatic imine (C=N–C) groups is 1. The number of hydrogen-bond acceptors (Lipinski definition) is 3. The van der Waals surface area contributed by atoms with E-state index in [2.05, 4.69) is 15.6 Å².